The number of halogens is 1. The molecule has 1 fully saturated rings. The van der Waals surface area contributed by atoms with Crippen LogP contribution in [-0.2, 0) is 9.59 Å². The number of aldehydes is 1. The second-order valence-corrected chi connectivity index (χ2v) is 7.55. The fraction of sp³-hybridized carbons (Fsp3) is 0.273. The van der Waals surface area contributed by atoms with Crippen molar-refractivity contribution in [1.29, 1.82) is 0 Å². The van der Waals surface area contributed by atoms with Crippen LogP contribution in [0.4, 0.5) is 5.82 Å². The van der Waals surface area contributed by atoms with Gasteiger partial charge in [0, 0.05) is 62.0 Å². The molecule has 1 amide bonds. The van der Waals surface area contributed by atoms with E-state index in [1.165, 1.54) is 0 Å². The van der Waals surface area contributed by atoms with Crippen LogP contribution in [0, 0.1) is 0 Å². The summed E-state index contributed by atoms with van der Waals surface area (Å²) in [7, 11) is 0. The van der Waals surface area contributed by atoms with Gasteiger partial charge < -0.3 is 14.6 Å². The topological polar surface area (TPSA) is 82.2 Å². The number of rotatable bonds is 6. The summed E-state index contributed by atoms with van der Waals surface area (Å²) in [5, 5.41) is 8.51. The molecule has 0 unspecified atom stereocenters. The lowest BCUT2D eigenvalue weighted by Gasteiger charge is -2.35. The van der Waals surface area contributed by atoms with Crippen molar-refractivity contribution >= 4 is 29.6 Å². The van der Waals surface area contributed by atoms with Crippen LogP contribution in [0.2, 0.25) is 5.02 Å². The molecule has 0 radical (unpaired) electrons. The van der Waals surface area contributed by atoms with Gasteiger partial charge in [-0.25, -0.2) is 0 Å². The number of nitrogens with one attached hydrogen (secondary N) is 1. The summed E-state index contributed by atoms with van der Waals surface area (Å²) in [5.41, 5.74) is 3.92. The van der Waals surface area contributed by atoms with Gasteiger partial charge in [0.05, 0.1) is 11.3 Å². The number of aromatic nitrogens is 3. The number of amides is 1. The molecule has 0 aliphatic carbocycles. The van der Waals surface area contributed by atoms with Crippen molar-refractivity contribution in [3.63, 3.8) is 0 Å². The molecule has 0 spiro atoms. The molecule has 0 atom stereocenters. The monoisotopic (exact) mass is 423 g/mol. The Morgan fingerprint density at radius 3 is 2.40 bits per heavy atom. The molecule has 154 valence electrons. The molecule has 2 aromatic heterocycles. The van der Waals surface area contributed by atoms with Gasteiger partial charge in [0.25, 0.3) is 0 Å². The summed E-state index contributed by atoms with van der Waals surface area (Å²) in [5.74, 6) is 0.881. The molecule has 7 nitrogen and oxygen atoms in total. The molecule has 4 rings (SSSR count). The lowest BCUT2D eigenvalue weighted by Crippen LogP contribution is -2.49. The highest BCUT2D eigenvalue weighted by Crippen LogP contribution is 2.38. The van der Waals surface area contributed by atoms with E-state index in [1.54, 1.807) is 12.4 Å². The maximum Gasteiger partial charge on any atom is 0.223 e. The highest BCUT2D eigenvalue weighted by Gasteiger charge is 2.26. The molecule has 1 aliphatic rings. The van der Waals surface area contributed by atoms with Gasteiger partial charge in [-0.1, -0.05) is 23.7 Å². The third-order valence-electron chi connectivity index (χ3n) is 5.26. The number of carbonyl (C=O) groups is 2. The Kier molecular flexibility index (Phi) is 6.09. The third kappa shape index (κ3) is 4.21. The second-order valence-electron chi connectivity index (χ2n) is 7.11. The molecular weight excluding hydrogens is 402 g/mol. The molecular formula is C22H22ClN5O2. The number of carbonyl (C=O) groups excluding carboxylic acids is 2. The van der Waals surface area contributed by atoms with Crippen LogP contribution in [0.5, 0.6) is 0 Å². The number of anilines is 1. The normalized spacial score (nSPS) is 14.0. The van der Waals surface area contributed by atoms with Crippen molar-refractivity contribution in [2.45, 2.75) is 12.8 Å². The Labute approximate surface area is 179 Å². The van der Waals surface area contributed by atoms with Crippen molar-refractivity contribution in [3.8, 4) is 22.4 Å². The van der Waals surface area contributed by atoms with E-state index in [9.17, 15) is 9.59 Å². The number of pyridine rings is 1. The molecule has 30 heavy (non-hydrogen) atoms. The van der Waals surface area contributed by atoms with E-state index < -0.39 is 0 Å². The molecule has 1 saturated heterocycles. The first-order valence-corrected chi connectivity index (χ1v) is 10.3. The van der Waals surface area contributed by atoms with E-state index in [0.717, 1.165) is 34.5 Å². The van der Waals surface area contributed by atoms with Crippen molar-refractivity contribution < 1.29 is 9.59 Å². The Balaban J connectivity index is 1.62. The number of benzene rings is 1. The van der Waals surface area contributed by atoms with Crippen molar-refractivity contribution in [3.05, 3.63) is 53.8 Å². The summed E-state index contributed by atoms with van der Waals surface area (Å²) in [6, 6.07) is 11.6. The number of H-pyrrole nitrogens is 1. The van der Waals surface area contributed by atoms with Gasteiger partial charge in [0.1, 0.15) is 6.29 Å². The minimum atomic E-state index is 0.0278. The van der Waals surface area contributed by atoms with Crippen molar-refractivity contribution in [2.75, 3.05) is 31.1 Å². The lowest BCUT2D eigenvalue weighted by atomic mass is 10.0. The summed E-state index contributed by atoms with van der Waals surface area (Å²) in [6.45, 7) is 2.57. The fourth-order valence-electron chi connectivity index (χ4n) is 3.69. The molecule has 1 N–H and O–H groups in total. The average Bonchev–Trinajstić information content (AvgIpc) is 3.24. The standard InChI is InChI=1S/C22H22ClN5O2/c23-18-5-3-17(4-6-18)21-20(16-7-9-24-10-8-16)22(26-25-21)28-13-11-27(12-14-28)19(30)2-1-15-29/h3-10,15H,1-2,11-14H2,(H,25,26). The Morgan fingerprint density at radius 1 is 1.03 bits per heavy atom. The third-order valence-corrected chi connectivity index (χ3v) is 5.51. The highest BCUT2D eigenvalue weighted by molar-refractivity contribution is 6.30. The van der Waals surface area contributed by atoms with E-state index in [4.69, 9.17) is 11.6 Å². The zero-order chi connectivity index (χ0) is 20.9. The number of hydrogen-bond donors (Lipinski definition) is 1. The van der Waals surface area contributed by atoms with Crippen LogP contribution >= 0.6 is 11.6 Å². The number of aromatic amines is 1. The smallest absolute Gasteiger partial charge is 0.223 e. The van der Waals surface area contributed by atoms with Crippen LogP contribution < -0.4 is 4.90 Å². The van der Waals surface area contributed by atoms with Crippen LogP contribution in [-0.4, -0.2) is 58.5 Å². The zero-order valence-electron chi connectivity index (χ0n) is 16.4. The summed E-state index contributed by atoms with van der Waals surface area (Å²) in [6.07, 6.45) is 4.86. The first-order chi connectivity index (χ1) is 14.7. The molecule has 0 bridgehead atoms. The maximum absolute atomic E-state index is 12.2. The van der Waals surface area contributed by atoms with Gasteiger partial charge >= 0.3 is 0 Å². The van der Waals surface area contributed by atoms with E-state index in [1.807, 2.05) is 41.3 Å². The lowest BCUT2D eigenvalue weighted by molar-refractivity contribution is -0.132. The molecule has 0 saturated carbocycles. The number of piperazine rings is 1. The molecule has 3 aromatic rings. The summed E-state index contributed by atoms with van der Waals surface area (Å²) in [4.78, 5) is 30.9. The number of hydrogen-bond acceptors (Lipinski definition) is 5. The van der Waals surface area contributed by atoms with Crippen molar-refractivity contribution in [2.24, 2.45) is 0 Å². The minimum absolute atomic E-state index is 0.0278. The fourth-order valence-corrected chi connectivity index (χ4v) is 3.81. The van der Waals surface area contributed by atoms with Gasteiger partial charge in [-0.2, -0.15) is 5.10 Å². The average molecular weight is 424 g/mol. The SMILES string of the molecule is O=CCCC(=O)N1CCN(c2n[nH]c(-c3ccc(Cl)cc3)c2-c2ccncc2)CC1. The molecule has 8 heteroatoms. The van der Waals surface area contributed by atoms with E-state index in [2.05, 4.69) is 20.1 Å². The first-order valence-electron chi connectivity index (χ1n) is 9.88. The predicted molar refractivity (Wildman–Crippen MR) is 116 cm³/mol. The van der Waals surface area contributed by atoms with Crippen LogP contribution in [0.1, 0.15) is 12.8 Å². The zero-order valence-corrected chi connectivity index (χ0v) is 17.2. The quantitative estimate of drug-likeness (QED) is 0.614. The number of nitrogens with zero attached hydrogens (tertiary/aromatic N) is 4. The molecule has 1 aromatic carbocycles. The maximum atomic E-state index is 12.2. The van der Waals surface area contributed by atoms with Crippen molar-refractivity contribution in [1.82, 2.24) is 20.1 Å². The van der Waals surface area contributed by atoms with Crippen LogP contribution in [0.3, 0.4) is 0 Å². The van der Waals surface area contributed by atoms with Crippen LogP contribution in [0.25, 0.3) is 22.4 Å². The minimum Gasteiger partial charge on any atom is -0.351 e. The van der Waals surface area contributed by atoms with Gasteiger partial charge in [0.2, 0.25) is 5.91 Å². The van der Waals surface area contributed by atoms with Gasteiger partial charge in [-0.05, 0) is 29.8 Å². The van der Waals surface area contributed by atoms with E-state index >= 15 is 0 Å². The Bertz CT molecular complexity index is 1010. The summed E-state index contributed by atoms with van der Waals surface area (Å²) < 4.78 is 0. The summed E-state index contributed by atoms with van der Waals surface area (Å²) >= 11 is 6.06. The Morgan fingerprint density at radius 2 is 1.73 bits per heavy atom. The van der Waals surface area contributed by atoms with Gasteiger partial charge in [-0.3, -0.25) is 14.9 Å². The predicted octanol–water partition coefficient (Wildman–Crippen LogP) is 3.42. The second kappa shape index (κ2) is 9.09. The van der Waals surface area contributed by atoms with Gasteiger partial charge in [0.15, 0.2) is 5.82 Å². The van der Waals surface area contributed by atoms with E-state index in [0.29, 0.717) is 31.2 Å². The van der Waals surface area contributed by atoms with Crippen LogP contribution in [0.15, 0.2) is 48.8 Å². The molecule has 1 aliphatic heterocycles. The highest BCUT2D eigenvalue weighted by atomic mass is 35.5. The Hall–Kier alpha value is -3.19. The largest absolute Gasteiger partial charge is 0.351 e. The van der Waals surface area contributed by atoms with E-state index in [-0.39, 0.29) is 18.7 Å². The van der Waals surface area contributed by atoms with Gasteiger partial charge in [-0.15, -0.1) is 0 Å². The molecule has 3 heterocycles. The first kappa shape index (κ1) is 20.1.